The van der Waals surface area contributed by atoms with Crippen molar-refractivity contribution in [2.24, 2.45) is 0 Å². The molecule has 0 radical (unpaired) electrons. The SMILES string of the molecule is CS(=O)(=O)c1cnc2c(c1)cc(-c1nc[nH]c(=O)c1F)n2Cc1ccc(F)cc1. The Labute approximate surface area is 163 Å². The van der Waals surface area contributed by atoms with Gasteiger partial charge in [-0.15, -0.1) is 0 Å². The molecule has 0 saturated carbocycles. The van der Waals surface area contributed by atoms with Gasteiger partial charge in [-0.05, 0) is 29.8 Å². The molecule has 0 saturated heterocycles. The third kappa shape index (κ3) is 3.54. The molecule has 4 rings (SSSR count). The first-order valence-electron chi connectivity index (χ1n) is 8.41. The van der Waals surface area contributed by atoms with Crippen molar-refractivity contribution in [3.8, 4) is 11.4 Å². The molecule has 148 valence electrons. The minimum Gasteiger partial charge on any atom is -0.319 e. The third-order valence-electron chi connectivity index (χ3n) is 4.43. The van der Waals surface area contributed by atoms with Crippen LogP contribution in [0.5, 0.6) is 0 Å². The summed E-state index contributed by atoms with van der Waals surface area (Å²) in [6, 6.07) is 8.66. The van der Waals surface area contributed by atoms with Gasteiger partial charge in [0.2, 0.25) is 5.82 Å². The lowest BCUT2D eigenvalue weighted by molar-refractivity contribution is 0.601. The lowest BCUT2D eigenvalue weighted by Crippen LogP contribution is -2.14. The molecule has 0 bridgehead atoms. The van der Waals surface area contributed by atoms with E-state index < -0.39 is 27.0 Å². The molecule has 0 fully saturated rings. The number of fused-ring (bicyclic) bond motifs is 1. The number of H-pyrrole nitrogens is 1. The Bertz CT molecular complexity index is 1390. The van der Waals surface area contributed by atoms with Gasteiger partial charge in [-0.2, -0.15) is 4.39 Å². The molecular formula is C19H14F2N4O3S. The number of sulfone groups is 1. The molecule has 10 heteroatoms. The first-order valence-corrected chi connectivity index (χ1v) is 10.3. The van der Waals surface area contributed by atoms with Crippen molar-refractivity contribution in [3.05, 3.63) is 76.5 Å². The largest absolute Gasteiger partial charge is 0.319 e. The number of rotatable bonds is 4. The van der Waals surface area contributed by atoms with E-state index in [1.807, 2.05) is 0 Å². The Morgan fingerprint density at radius 1 is 1.10 bits per heavy atom. The van der Waals surface area contributed by atoms with Crippen LogP contribution < -0.4 is 5.56 Å². The van der Waals surface area contributed by atoms with Gasteiger partial charge in [0.05, 0.1) is 16.9 Å². The van der Waals surface area contributed by atoms with Crippen LogP contribution in [0.1, 0.15) is 5.56 Å². The fourth-order valence-corrected chi connectivity index (χ4v) is 3.60. The molecular weight excluding hydrogens is 402 g/mol. The number of aromatic nitrogens is 4. The molecule has 29 heavy (non-hydrogen) atoms. The summed E-state index contributed by atoms with van der Waals surface area (Å²) in [6.45, 7) is 0.179. The molecule has 0 unspecified atom stereocenters. The highest BCUT2D eigenvalue weighted by atomic mass is 32.2. The van der Waals surface area contributed by atoms with Gasteiger partial charge in [0.1, 0.15) is 17.2 Å². The number of aromatic amines is 1. The van der Waals surface area contributed by atoms with Crippen LogP contribution in [0.4, 0.5) is 8.78 Å². The summed E-state index contributed by atoms with van der Waals surface area (Å²) >= 11 is 0. The van der Waals surface area contributed by atoms with Gasteiger partial charge in [-0.1, -0.05) is 12.1 Å². The van der Waals surface area contributed by atoms with Crippen LogP contribution >= 0.6 is 0 Å². The summed E-state index contributed by atoms with van der Waals surface area (Å²) < 4.78 is 53.0. The van der Waals surface area contributed by atoms with E-state index in [4.69, 9.17) is 0 Å². The number of pyridine rings is 1. The number of halogens is 2. The molecule has 1 N–H and O–H groups in total. The summed E-state index contributed by atoms with van der Waals surface area (Å²) in [5, 5.41) is 0.437. The molecule has 3 aromatic heterocycles. The van der Waals surface area contributed by atoms with Crippen molar-refractivity contribution < 1.29 is 17.2 Å². The van der Waals surface area contributed by atoms with Crippen molar-refractivity contribution in [1.82, 2.24) is 19.5 Å². The summed E-state index contributed by atoms with van der Waals surface area (Å²) in [6.07, 6.45) is 3.35. The van der Waals surface area contributed by atoms with Crippen LogP contribution in [0.2, 0.25) is 0 Å². The Balaban J connectivity index is 1.98. The zero-order chi connectivity index (χ0) is 20.8. The fourth-order valence-electron chi connectivity index (χ4n) is 3.02. The maximum Gasteiger partial charge on any atom is 0.287 e. The Hall–Kier alpha value is -3.40. The average Bonchev–Trinajstić information content (AvgIpc) is 3.02. The number of nitrogens with zero attached hydrogens (tertiary/aromatic N) is 3. The van der Waals surface area contributed by atoms with Crippen LogP contribution in [0.15, 0.2) is 58.6 Å². The van der Waals surface area contributed by atoms with Crippen molar-refractivity contribution in [3.63, 3.8) is 0 Å². The summed E-state index contributed by atoms with van der Waals surface area (Å²) in [5.41, 5.74) is 0.182. The molecule has 3 heterocycles. The molecule has 0 aliphatic rings. The van der Waals surface area contributed by atoms with Crippen molar-refractivity contribution in [2.75, 3.05) is 6.26 Å². The summed E-state index contributed by atoms with van der Waals surface area (Å²) in [5.74, 6) is -1.47. The normalized spacial score (nSPS) is 11.8. The van der Waals surface area contributed by atoms with Crippen molar-refractivity contribution in [1.29, 1.82) is 0 Å². The molecule has 0 amide bonds. The molecule has 0 aliphatic heterocycles. The van der Waals surface area contributed by atoms with Crippen LogP contribution in [0.25, 0.3) is 22.4 Å². The van der Waals surface area contributed by atoms with Gasteiger partial charge in [-0.3, -0.25) is 4.79 Å². The number of nitrogens with one attached hydrogen (secondary N) is 1. The molecule has 0 spiro atoms. The van der Waals surface area contributed by atoms with Gasteiger partial charge in [0.15, 0.2) is 9.84 Å². The van der Waals surface area contributed by atoms with Gasteiger partial charge >= 0.3 is 0 Å². The van der Waals surface area contributed by atoms with Crippen LogP contribution in [-0.4, -0.2) is 34.2 Å². The van der Waals surface area contributed by atoms with E-state index in [2.05, 4.69) is 15.0 Å². The van der Waals surface area contributed by atoms with Crippen LogP contribution in [0.3, 0.4) is 0 Å². The van der Waals surface area contributed by atoms with Gasteiger partial charge < -0.3 is 9.55 Å². The van der Waals surface area contributed by atoms with Crippen LogP contribution in [-0.2, 0) is 16.4 Å². The number of benzene rings is 1. The predicted octanol–water partition coefficient (Wildman–Crippen LogP) is 2.52. The maximum absolute atomic E-state index is 14.5. The second-order valence-corrected chi connectivity index (χ2v) is 8.51. The van der Waals surface area contributed by atoms with Crippen molar-refractivity contribution in [2.45, 2.75) is 11.4 Å². The topological polar surface area (TPSA) is 97.7 Å². The zero-order valence-electron chi connectivity index (χ0n) is 15.1. The average molecular weight is 416 g/mol. The minimum absolute atomic E-state index is 0.00909. The second kappa shape index (κ2) is 6.89. The van der Waals surface area contributed by atoms with Crippen molar-refractivity contribution >= 4 is 20.9 Å². The predicted molar refractivity (Wildman–Crippen MR) is 102 cm³/mol. The molecule has 4 aromatic rings. The molecule has 0 atom stereocenters. The standard InChI is InChI=1S/C19H14F2N4O3S/c1-29(27,28)14-6-12-7-15(17-16(21)19(26)24-10-23-17)25(18(12)22-8-14)9-11-2-4-13(20)5-3-11/h2-8,10H,9H2,1H3,(H,23,24,26). The maximum atomic E-state index is 14.5. The lowest BCUT2D eigenvalue weighted by Gasteiger charge is -2.10. The molecule has 0 aliphatic carbocycles. The van der Waals surface area contributed by atoms with E-state index >= 15 is 0 Å². The van der Waals surface area contributed by atoms with E-state index in [9.17, 15) is 22.0 Å². The zero-order valence-corrected chi connectivity index (χ0v) is 15.9. The quantitative estimate of drug-likeness (QED) is 0.551. The monoisotopic (exact) mass is 416 g/mol. The van der Waals surface area contributed by atoms with Gasteiger partial charge in [-0.25, -0.2) is 22.8 Å². The first kappa shape index (κ1) is 18.9. The van der Waals surface area contributed by atoms with Crippen LogP contribution in [0, 0.1) is 11.6 Å². The molecule has 7 nitrogen and oxygen atoms in total. The first-order chi connectivity index (χ1) is 13.7. The van der Waals surface area contributed by atoms with E-state index in [-0.39, 0.29) is 22.8 Å². The highest BCUT2D eigenvalue weighted by molar-refractivity contribution is 7.90. The summed E-state index contributed by atoms with van der Waals surface area (Å²) in [4.78, 5) is 22.0. The minimum atomic E-state index is -3.50. The molecule has 1 aromatic carbocycles. The van der Waals surface area contributed by atoms with E-state index in [0.29, 0.717) is 16.6 Å². The van der Waals surface area contributed by atoms with E-state index in [0.717, 1.165) is 12.6 Å². The van der Waals surface area contributed by atoms with Gasteiger partial charge in [0, 0.05) is 24.4 Å². The highest BCUT2D eigenvalue weighted by Gasteiger charge is 2.20. The Kier molecular flexibility index (Phi) is 4.50. The van der Waals surface area contributed by atoms with E-state index in [1.54, 1.807) is 16.7 Å². The number of hydrogen-bond acceptors (Lipinski definition) is 5. The lowest BCUT2D eigenvalue weighted by atomic mass is 10.2. The third-order valence-corrected chi connectivity index (χ3v) is 5.51. The smallest absolute Gasteiger partial charge is 0.287 e. The summed E-state index contributed by atoms with van der Waals surface area (Å²) in [7, 11) is -3.50. The fraction of sp³-hybridized carbons (Fsp3) is 0.105. The second-order valence-electron chi connectivity index (χ2n) is 6.49. The Morgan fingerprint density at radius 2 is 1.83 bits per heavy atom. The van der Waals surface area contributed by atoms with Gasteiger partial charge in [0.25, 0.3) is 5.56 Å². The number of hydrogen-bond donors (Lipinski definition) is 1. The van der Waals surface area contributed by atoms with E-state index in [1.165, 1.54) is 30.5 Å². The highest BCUT2D eigenvalue weighted by Crippen LogP contribution is 2.29. The Morgan fingerprint density at radius 3 is 2.52 bits per heavy atom.